The van der Waals surface area contributed by atoms with Gasteiger partial charge in [-0.3, -0.25) is 5.84 Å². The maximum atomic E-state index is 5.59. The van der Waals surface area contributed by atoms with Gasteiger partial charge < -0.3 is 0 Å². The van der Waals surface area contributed by atoms with Crippen LogP contribution in [-0.2, 0) is 0 Å². The minimum Gasteiger partial charge on any atom is -0.271 e. The normalized spacial score (nSPS) is 13.0. The summed E-state index contributed by atoms with van der Waals surface area (Å²) in [5.74, 6) is 5.59. The van der Waals surface area contributed by atoms with Crippen molar-refractivity contribution in [1.82, 2.24) is 5.43 Å². The van der Waals surface area contributed by atoms with Crippen LogP contribution in [0.1, 0.15) is 22.0 Å². The van der Waals surface area contributed by atoms with E-state index in [1.807, 2.05) is 6.07 Å². The molecule has 0 saturated carbocycles. The van der Waals surface area contributed by atoms with E-state index in [9.17, 15) is 0 Å². The maximum Gasteiger partial charge on any atom is 0.0813 e. The van der Waals surface area contributed by atoms with Gasteiger partial charge >= 0.3 is 0 Å². The molecule has 0 amide bonds. The Kier molecular flexibility index (Phi) is 2.98. The van der Waals surface area contributed by atoms with Crippen LogP contribution in [0.25, 0.3) is 0 Å². The van der Waals surface area contributed by atoms with Crippen LogP contribution in [0.5, 0.6) is 0 Å². The number of thiophene rings is 2. The fraction of sp³-hybridized carbons (Fsp3) is 0.200. The predicted molar refractivity (Wildman–Crippen MR) is 62.5 cm³/mol. The molecule has 2 aromatic heterocycles. The highest BCUT2D eigenvalue weighted by Gasteiger charge is 2.15. The van der Waals surface area contributed by atoms with Crippen molar-refractivity contribution in [1.29, 1.82) is 0 Å². The van der Waals surface area contributed by atoms with Gasteiger partial charge in [0.25, 0.3) is 0 Å². The van der Waals surface area contributed by atoms with Crippen LogP contribution >= 0.6 is 22.7 Å². The second kappa shape index (κ2) is 4.23. The van der Waals surface area contributed by atoms with Crippen molar-refractivity contribution in [2.45, 2.75) is 13.0 Å². The Morgan fingerprint density at radius 2 is 2.29 bits per heavy atom. The summed E-state index contributed by atoms with van der Waals surface area (Å²) in [5.41, 5.74) is 5.44. The van der Waals surface area contributed by atoms with Gasteiger partial charge in [-0.2, -0.15) is 11.3 Å². The maximum absolute atomic E-state index is 5.59. The van der Waals surface area contributed by atoms with Crippen molar-refractivity contribution in [3.63, 3.8) is 0 Å². The first kappa shape index (κ1) is 9.86. The largest absolute Gasteiger partial charge is 0.271 e. The third-order valence-corrected chi connectivity index (χ3v) is 4.02. The van der Waals surface area contributed by atoms with Gasteiger partial charge in [0.2, 0.25) is 0 Å². The van der Waals surface area contributed by atoms with E-state index in [4.69, 9.17) is 5.84 Å². The molecule has 1 unspecified atom stereocenters. The van der Waals surface area contributed by atoms with Gasteiger partial charge in [-0.05, 0) is 40.3 Å². The number of aryl methyl sites for hydroxylation is 1. The molecular formula is C10H12N2S2. The first-order valence-corrected chi connectivity index (χ1v) is 6.17. The molecule has 2 aromatic rings. The number of hydrogen-bond donors (Lipinski definition) is 2. The van der Waals surface area contributed by atoms with E-state index in [0.29, 0.717) is 0 Å². The second-order valence-electron chi connectivity index (χ2n) is 3.13. The summed E-state index contributed by atoms with van der Waals surface area (Å²) in [4.78, 5) is 1.26. The van der Waals surface area contributed by atoms with Gasteiger partial charge in [0.15, 0.2) is 0 Å². The summed E-state index contributed by atoms with van der Waals surface area (Å²) in [6, 6.07) is 4.29. The van der Waals surface area contributed by atoms with Crippen molar-refractivity contribution in [3.05, 3.63) is 44.3 Å². The standard InChI is InChI=1S/C10H12N2S2/c1-7-5-13-6-8(7)10(12-11)9-3-2-4-14-9/h2-6,10,12H,11H2,1H3. The van der Waals surface area contributed by atoms with Gasteiger partial charge in [-0.1, -0.05) is 6.07 Å². The van der Waals surface area contributed by atoms with E-state index in [1.165, 1.54) is 16.0 Å². The number of hydrogen-bond acceptors (Lipinski definition) is 4. The number of hydrazine groups is 1. The van der Waals surface area contributed by atoms with Crippen LogP contribution in [0.4, 0.5) is 0 Å². The molecule has 0 aliphatic heterocycles. The van der Waals surface area contributed by atoms with E-state index in [2.05, 4.69) is 34.6 Å². The molecule has 0 fully saturated rings. The molecule has 0 aliphatic carbocycles. The summed E-state index contributed by atoms with van der Waals surface area (Å²) in [6.45, 7) is 2.11. The molecule has 0 bridgehead atoms. The lowest BCUT2D eigenvalue weighted by Gasteiger charge is -2.13. The molecule has 0 radical (unpaired) electrons. The van der Waals surface area contributed by atoms with Crippen LogP contribution in [0.15, 0.2) is 28.3 Å². The molecule has 2 rings (SSSR count). The minimum absolute atomic E-state index is 0.140. The Balaban J connectivity index is 2.36. The minimum atomic E-state index is 0.140. The topological polar surface area (TPSA) is 38.0 Å². The van der Waals surface area contributed by atoms with E-state index >= 15 is 0 Å². The van der Waals surface area contributed by atoms with Crippen LogP contribution in [-0.4, -0.2) is 0 Å². The number of nitrogens with one attached hydrogen (secondary N) is 1. The number of nitrogens with two attached hydrogens (primary N) is 1. The zero-order valence-electron chi connectivity index (χ0n) is 7.86. The molecule has 0 aromatic carbocycles. The summed E-state index contributed by atoms with van der Waals surface area (Å²) < 4.78 is 0. The summed E-state index contributed by atoms with van der Waals surface area (Å²) in [7, 11) is 0. The summed E-state index contributed by atoms with van der Waals surface area (Å²) in [5, 5.41) is 6.37. The fourth-order valence-corrected chi connectivity index (χ4v) is 3.13. The molecule has 4 heteroatoms. The van der Waals surface area contributed by atoms with Crippen molar-refractivity contribution in [2.75, 3.05) is 0 Å². The van der Waals surface area contributed by atoms with Gasteiger partial charge in [0.1, 0.15) is 0 Å². The molecule has 74 valence electrons. The first-order valence-electron chi connectivity index (χ1n) is 4.35. The fourth-order valence-electron chi connectivity index (χ4n) is 1.45. The van der Waals surface area contributed by atoms with E-state index in [0.717, 1.165) is 0 Å². The predicted octanol–water partition coefficient (Wildman–Crippen LogP) is 2.67. The molecule has 0 aliphatic rings. The molecule has 1 atom stereocenters. The average molecular weight is 224 g/mol. The lowest BCUT2D eigenvalue weighted by atomic mass is 10.1. The van der Waals surface area contributed by atoms with Gasteiger partial charge in [0, 0.05) is 4.88 Å². The highest BCUT2D eigenvalue weighted by atomic mass is 32.1. The lowest BCUT2D eigenvalue weighted by molar-refractivity contribution is 0.645. The van der Waals surface area contributed by atoms with Crippen molar-refractivity contribution < 1.29 is 0 Å². The molecule has 2 heterocycles. The molecule has 3 N–H and O–H groups in total. The molecular weight excluding hydrogens is 212 g/mol. The monoisotopic (exact) mass is 224 g/mol. The summed E-state index contributed by atoms with van der Waals surface area (Å²) in [6.07, 6.45) is 0. The quantitative estimate of drug-likeness (QED) is 0.621. The van der Waals surface area contributed by atoms with Crippen LogP contribution < -0.4 is 11.3 Å². The molecule has 0 spiro atoms. The average Bonchev–Trinajstić information content (AvgIpc) is 2.80. The first-order chi connectivity index (χ1) is 6.83. The third kappa shape index (κ3) is 1.74. The SMILES string of the molecule is Cc1cscc1C(NN)c1cccs1. The highest BCUT2D eigenvalue weighted by Crippen LogP contribution is 2.29. The van der Waals surface area contributed by atoms with Crippen LogP contribution in [0.3, 0.4) is 0 Å². The second-order valence-corrected chi connectivity index (χ2v) is 4.85. The number of rotatable bonds is 3. The summed E-state index contributed by atoms with van der Waals surface area (Å²) >= 11 is 3.44. The van der Waals surface area contributed by atoms with Crippen LogP contribution in [0.2, 0.25) is 0 Å². The van der Waals surface area contributed by atoms with Gasteiger partial charge in [-0.15, -0.1) is 11.3 Å². The van der Waals surface area contributed by atoms with Crippen molar-refractivity contribution in [3.8, 4) is 0 Å². The highest BCUT2D eigenvalue weighted by molar-refractivity contribution is 7.10. The van der Waals surface area contributed by atoms with Crippen LogP contribution in [0, 0.1) is 6.92 Å². The van der Waals surface area contributed by atoms with Gasteiger partial charge in [0.05, 0.1) is 6.04 Å². The van der Waals surface area contributed by atoms with E-state index in [1.54, 1.807) is 22.7 Å². The zero-order chi connectivity index (χ0) is 9.97. The van der Waals surface area contributed by atoms with E-state index < -0.39 is 0 Å². The Morgan fingerprint density at radius 3 is 2.79 bits per heavy atom. The smallest absolute Gasteiger partial charge is 0.0813 e. The Hall–Kier alpha value is -0.680. The third-order valence-electron chi connectivity index (χ3n) is 2.20. The molecule has 0 saturated heterocycles. The Labute approximate surface area is 91.4 Å². The molecule has 2 nitrogen and oxygen atoms in total. The molecule has 14 heavy (non-hydrogen) atoms. The van der Waals surface area contributed by atoms with E-state index in [-0.39, 0.29) is 6.04 Å². The Bertz CT molecular complexity index is 392. The van der Waals surface area contributed by atoms with Crippen molar-refractivity contribution in [2.24, 2.45) is 5.84 Å². The van der Waals surface area contributed by atoms with Gasteiger partial charge in [-0.25, -0.2) is 5.43 Å². The Morgan fingerprint density at radius 1 is 1.43 bits per heavy atom. The lowest BCUT2D eigenvalue weighted by Crippen LogP contribution is -2.28. The van der Waals surface area contributed by atoms with Crippen molar-refractivity contribution >= 4 is 22.7 Å². The zero-order valence-corrected chi connectivity index (χ0v) is 9.49.